The number of esters is 1. The first-order valence-electron chi connectivity index (χ1n) is 7.58. The molecule has 3 aromatic rings. The van der Waals surface area contributed by atoms with Crippen molar-refractivity contribution in [2.45, 2.75) is 20.0 Å². The highest BCUT2D eigenvalue weighted by Crippen LogP contribution is 2.26. The van der Waals surface area contributed by atoms with Crippen molar-refractivity contribution in [1.82, 2.24) is 0 Å². The predicted molar refractivity (Wildman–Crippen MR) is 87.3 cm³/mol. The highest BCUT2D eigenvalue weighted by Gasteiger charge is 2.11. The first-order chi connectivity index (χ1) is 11.3. The monoisotopic (exact) mass is 310 g/mol. The predicted octanol–water partition coefficient (Wildman–Crippen LogP) is 4.12. The first kappa shape index (κ1) is 15.2. The highest BCUT2D eigenvalue weighted by atomic mass is 16.5. The van der Waals surface area contributed by atoms with Crippen molar-refractivity contribution in [3.05, 3.63) is 65.9 Å². The lowest BCUT2D eigenvalue weighted by atomic mass is 10.1. The number of carbonyl (C=O) groups excluding carboxylic acids is 1. The third-order valence-corrected chi connectivity index (χ3v) is 3.52. The summed E-state index contributed by atoms with van der Waals surface area (Å²) >= 11 is 0. The number of benzene rings is 2. The molecule has 0 amide bonds. The maximum Gasteiger partial charge on any atom is 0.310 e. The van der Waals surface area contributed by atoms with Crippen LogP contribution < -0.4 is 4.74 Å². The summed E-state index contributed by atoms with van der Waals surface area (Å²) in [5.74, 6) is 0.484. The molecular formula is C19H18O4. The van der Waals surface area contributed by atoms with E-state index in [1.165, 1.54) is 0 Å². The molecule has 2 aromatic carbocycles. The van der Waals surface area contributed by atoms with Crippen LogP contribution in [0.3, 0.4) is 0 Å². The molecule has 0 saturated carbocycles. The number of furan rings is 1. The molecular weight excluding hydrogens is 292 g/mol. The summed E-state index contributed by atoms with van der Waals surface area (Å²) in [6.07, 6.45) is 1.81. The molecule has 0 aliphatic heterocycles. The summed E-state index contributed by atoms with van der Waals surface area (Å²) in [5.41, 5.74) is 2.64. The average Bonchev–Trinajstić information content (AvgIpc) is 2.96. The summed E-state index contributed by atoms with van der Waals surface area (Å²) in [6, 6.07) is 15.6. The standard InChI is InChI=1S/C19H18O4/c1-2-21-19(20)10-15-13-23-18-11-16(8-9-17(15)18)22-12-14-6-4-3-5-7-14/h3-9,11,13H,2,10,12H2,1H3. The van der Waals surface area contributed by atoms with Crippen LogP contribution in [0.15, 0.2) is 59.2 Å². The quantitative estimate of drug-likeness (QED) is 0.643. The Morgan fingerprint density at radius 2 is 1.96 bits per heavy atom. The number of carbonyl (C=O) groups is 1. The van der Waals surface area contributed by atoms with E-state index in [9.17, 15) is 4.79 Å². The van der Waals surface area contributed by atoms with Crippen LogP contribution in [0.5, 0.6) is 5.75 Å². The van der Waals surface area contributed by atoms with Gasteiger partial charge in [0.05, 0.1) is 19.3 Å². The molecule has 0 unspecified atom stereocenters. The second-order valence-electron chi connectivity index (χ2n) is 5.17. The van der Waals surface area contributed by atoms with Crippen molar-refractivity contribution in [3.63, 3.8) is 0 Å². The molecule has 0 bridgehead atoms. The summed E-state index contributed by atoms with van der Waals surface area (Å²) in [6.45, 7) is 2.68. The Balaban J connectivity index is 1.71. The molecule has 23 heavy (non-hydrogen) atoms. The fourth-order valence-corrected chi connectivity index (χ4v) is 2.40. The lowest BCUT2D eigenvalue weighted by Crippen LogP contribution is -2.06. The van der Waals surface area contributed by atoms with Crippen molar-refractivity contribution in [2.75, 3.05) is 6.61 Å². The van der Waals surface area contributed by atoms with E-state index in [2.05, 4.69) is 0 Å². The highest BCUT2D eigenvalue weighted by molar-refractivity contribution is 5.86. The van der Waals surface area contributed by atoms with E-state index < -0.39 is 0 Å². The molecule has 0 spiro atoms. The van der Waals surface area contributed by atoms with Crippen LogP contribution in [-0.4, -0.2) is 12.6 Å². The maximum atomic E-state index is 11.6. The van der Waals surface area contributed by atoms with Gasteiger partial charge in [-0.2, -0.15) is 0 Å². The molecule has 0 aliphatic carbocycles. The van der Waals surface area contributed by atoms with Gasteiger partial charge in [0.15, 0.2) is 0 Å². The van der Waals surface area contributed by atoms with Crippen molar-refractivity contribution < 1.29 is 18.7 Å². The van der Waals surface area contributed by atoms with Crippen LogP contribution in [0.2, 0.25) is 0 Å². The van der Waals surface area contributed by atoms with Gasteiger partial charge >= 0.3 is 5.97 Å². The molecule has 1 aromatic heterocycles. The Morgan fingerprint density at radius 1 is 1.13 bits per heavy atom. The molecule has 0 atom stereocenters. The molecule has 118 valence electrons. The lowest BCUT2D eigenvalue weighted by Gasteiger charge is -2.06. The van der Waals surface area contributed by atoms with Gasteiger partial charge in [-0.25, -0.2) is 0 Å². The van der Waals surface area contributed by atoms with Crippen LogP contribution >= 0.6 is 0 Å². The normalized spacial score (nSPS) is 10.7. The van der Waals surface area contributed by atoms with Crippen molar-refractivity contribution >= 4 is 16.9 Å². The summed E-state index contributed by atoms with van der Waals surface area (Å²) in [5, 5.41) is 0.908. The topological polar surface area (TPSA) is 48.7 Å². The smallest absolute Gasteiger partial charge is 0.310 e. The molecule has 0 radical (unpaired) electrons. The third kappa shape index (κ3) is 3.72. The molecule has 0 fully saturated rings. The fraction of sp³-hybridized carbons (Fsp3) is 0.211. The average molecular weight is 310 g/mol. The number of ether oxygens (including phenoxy) is 2. The number of rotatable bonds is 6. The van der Waals surface area contributed by atoms with Crippen LogP contribution in [0.1, 0.15) is 18.1 Å². The molecule has 3 rings (SSSR count). The molecule has 1 heterocycles. The second-order valence-corrected chi connectivity index (χ2v) is 5.17. The molecule has 0 saturated heterocycles. The summed E-state index contributed by atoms with van der Waals surface area (Å²) in [7, 11) is 0. The van der Waals surface area contributed by atoms with Crippen LogP contribution in [0, 0.1) is 0 Å². The van der Waals surface area contributed by atoms with Crippen LogP contribution in [-0.2, 0) is 22.6 Å². The largest absolute Gasteiger partial charge is 0.489 e. The number of hydrogen-bond acceptors (Lipinski definition) is 4. The van der Waals surface area contributed by atoms with E-state index in [-0.39, 0.29) is 12.4 Å². The van der Waals surface area contributed by atoms with Crippen LogP contribution in [0.4, 0.5) is 0 Å². The van der Waals surface area contributed by atoms with E-state index in [4.69, 9.17) is 13.9 Å². The second kappa shape index (κ2) is 7.01. The SMILES string of the molecule is CCOC(=O)Cc1coc2cc(OCc3ccccc3)ccc12. The minimum absolute atomic E-state index is 0.213. The Morgan fingerprint density at radius 3 is 2.74 bits per heavy atom. The zero-order chi connectivity index (χ0) is 16.1. The first-order valence-corrected chi connectivity index (χ1v) is 7.58. The van der Waals surface area contributed by atoms with Crippen LogP contribution in [0.25, 0.3) is 11.0 Å². The van der Waals surface area contributed by atoms with Gasteiger partial charge in [-0.05, 0) is 24.6 Å². The molecule has 4 heteroatoms. The van der Waals surface area contributed by atoms with Gasteiger partial charge in [0, 0.05) is 17.0 Å². The van der Waals surface area contributed by atoms with E-state index in [1.54, 1.807) is 13.2 Å². The Hall–Kier alpha value is -2.75. The number of fused-ring (bicyclic) bond motifs is 1. The van der Waals surface area contributed by atoms with Gasteiger partial charge < -0.3 is 13.9 Å². The zero-order valence-corrected chi connectivity index (χ0v) is 13.0. The summed E-state index contributed by atoms with van der Waals surface area (Å²) < 4.78 is 16.3. The third-order valence-electron chi connectivity index (χ3n) is 3.52. The van der Waals surface area contributed by atoms with E-state index in [0.717, 1.165) is 22.3 Å². The zero-order valence-electron chi connectivity index (χ0n) is 13.0. The van der Waals surface area contributed by atoms with E-state index >= 15 is 0 Å². The number of hydrogen-bond donors (Lipinski definition) is 0. The Kier molecular flexibility index (Phi) is 4.62. The Bertz CT molecular complexity index is 789. The van der Waals surface area contributed by atoms with Gasteiger partial charge in [0.1, 0.15) is 17.9 Å². The molecule has 4 nitrogen and oxygen atoms in total. The van der Waals surface area contributed by atoms with E-state index in [1.807, 2.05) is 48.5 Å². The Labute approximate surface area is 134 Å². The van der Waals surface area contributed by atoms with Gasteiger partial charge in [-0.3, -0.25) is 4.79 Å². The van der Waals surface area contributed by atoms with Crippen molar-refractivity contribution in [1.29, 1.82) is 0 Å². The van der Waals surface area contributed by atoms with Gasteiger partial charge in [0.25, 0.3) is 0 Å². The maximum absolute atomic E-state index is 11.6. The van der Waals surface area contributed by atoms with Gasteiger partial charge in [-0.15, -0.1) is 0 Å². The molecule has 0 aliphatic rings. The minimum atomic E-state index is -0.250. The van der Waals surface area contributed by atoms with Gasteiger partial charge in [0.2, 0.25) is 0 Å². The summed E-state index contributed by atoms with van der Waals surface area (Å²) in [4.78, 5) is 11.6. The minimum Gasteiger partial charge on any atom is -0.489 e. The lowest BCUT2D eigenvalue weighted by molar-refractivity contribution is -0.142. The fourth-order valence-electron chi connectivity index (χ4n) is 2.40. The van der Waals surface area contributed by atoms with E-state index in [0.29, 0.717) is 18.8 Å². The molecule has 0 N–H and O–H groups in total. The van der Waals surface area contributed by atoms with Crippen molar-refractivity contribution in [2.24, 2.45) is 0 Å². The van der Waals surface area contributed by atoms with Crippen molar-refractivity contribution in [3.8, 4) is 5.75 Å². The van der Waals surface area contributed by atoms with Gasteiger partial charge in [-0.1, -0.05) is 30.3 Å².